The van der Waals surface area contributed by atoms with E-state index in [2.05, 4.69) is 17.1 Å². The zero-order valence-electron chi connectivity index (χ0n) is 13.6. The van der Waals surface area contributed by atoms with Gasteiger partial charge in [-0.05, 0) is 44.2 Å². The maximum absolute atomic E-state index is 6.22. The molecule has 0 saturated heterocycles. The molecule has 3 aromatic rings. The molecule has 0 unspecified atom stereocenters. The predicted octanol–water partition coefficient (Wildman–Crippen LogP) is 4.90. The van der Waals surface area contributed by atoms with Crippen LogP contribution in [0.1, 0.15) is 25.0 Å². The maximum Gasteiger partial charge on any atom is 0.129 e. The van der Waals surface area contributed by atoms with Crippen LogP contribution in [-0.4, -0.2) is 22.8 Å². The Morgan fingerprint density at radius 2 is 1.92 bits per heavy atom. The van der Waals surface area contributed by atoms with Crippen molar-refractivity contribution in [2.75, 3.05) is 6.54 Å². The molecule has 4 rings (SSSR count). The van der Waals surface area contributed by atoms with E-state index in [9.17, 15) is 0 Å². The monoisotopic (exact) mass is 336 g/mol. The molecular formula is C20H17ClN2O. The summed E-state index contributed by atoms with van der Waals surface area (Å²) in [5.41, 5.74) is 3.35. The molecule has 0 atom stereocenters. The molecule has 1 aromatic heterocycles. The Morgan fingerprint density at radius 3 is 2.79 bits per heavy atom. The van der Waals surface area contributed by atoms with Crippen molar-refractivity contribution in [3.8, 4) is 5.75 Å². The van der Waals surface area contributed by atoms with E-state index in [0.717, 1.165) is 33.5 Å². The number of benzene rings is 2. The number of rotatable bonds is 1. The summed E-state index contributed by atoms with van der Waals surface area (Å²) >= 11 is 6.22. The third kappa shape index (κ3) is 2.76. The number of para-hydroxylation sites is 1. The molecule has 0 fully saturated rings. The van der Waals surface area contributed by atoms with Crippen LogP contribution in [0.15, 0.2) is 59.7 Å². The summed E-state index contributed by atoms with van der Waals surface area (Å²) in [4.78, 5) is 9.39. The standard InChI is InChI=1S/C20H17ClN2O/c1-20(2)12-23-19(16-10-15(21)7-8-18(16)24-20)14-9-13-5-3-4-6-17(13)22-11-14/h3-11H,12H2,1-2H3. The molecule has 0 spiro atoms. The lowest BCUT2D eigenvalue weighted by atomic mass is 10.0. The molecule has 2 aromatic carbocycles. The highest BCUT2D eigenvalue weighted by molar-refractivity contribution is 6.31. The van der Waals surface area contributed by atoms with E-state index in [1.54, 1.807) is 0 Å². The van der Waals surface area contributed by atoms with E-state index in [1.807, 2.05) is 56.4 Å². The van der Waals surface area contributed by atoms with Gasteiger partial charge in [-0.15, -0.1) is 0 Å². The van der Waals surface area contributed by atoms with Gasteiger partial charge in [0.2, 0.25) is 0 Å². The minimum absolute atomic E-state index is 0.366. The van der Waals surface area contributed by atoms with Gasteiger partial charge in [0.1, 0.15) is 11.4 Å². The zero-order chi connectivity index (χ0) is 16.7. The Morgan fingerprint density at radius 1 is 1.08 bits per heavy atom. The number of aromatic nitrogens is 1. The Kier molecular flexibility index (Phi) is 3.54. The van der Waals surface area contributed by atoms with Gasteiger partial charge in [0.15, 0.2) is 0 Å². The van der Waals surface area contributed by atoms with Crippen LogP contribution >= 0.6 is 11.6 Å². The molecule has 2 heterocycles. The Bertz CT molecular complexity index is 963. The summed E-state index contributed by atoms with van der Waals surface area (Å²) in [5.74, 6) is 0.800. The van der Waals surface area contributed by atoms with Crippen LogP contribution in [-0.2, 0) is 0 Å². The van der Waals surface area contributed by atoms with E-state index in [-0.39, 0.29) is 5.60 Å². The van der Waals surface area contributed by atoms with Crippen LogP contribution in [0.25, 0.3) is 10.9 Å². The fourth-order valence-corrected chi connectivity index (χ4v) is 3.08. The molecule has 0 bridgehead atoms. The Hall–Kier alpha value is -2.39. The van der Waals surface area contributed by atoms with E-state index in [1.165, 1.54) is 0 Å². The second-order valence-corrected chi connectivity index (χ2v) is 7.02. The van der Waals surface area contributed by atoms with Crippen LogP contribution in [0.5, 0.6) is 5.75 Å². The van der Waals surface area contributed by atoms with Crippen LogP contribution in [0.4, 0.5) is 0 Å². The Balaban J connectivity index is 1.92. The van der Waals surface area contributed by atoms with Crippen LogP contribution in [0, 0.1) is 0 Å². The lowest BCUT2D eigenvalue weighted by Gasteiger charge is -2.23. The van der Waals surface area contributed by atoms with Crippen LogP contribution in [0.3, 0.4) is 0 Å². The molecule has 0 amide bonds. The summed E-state index contributed by atoms with van der Waals surface area (Å²) in [6.07, 6.45) is 1.87. The molecule has 120 valence electrons. The van der Waals surface area contributed by atoms with Gasteiger partial charge in [0, 0.05) is 27.7 Å². The second-order valence-electron chi connectivity index (χ2n) is 6.58. The first-order valence-electron chi connectivity index (χ1n) is 7.90. The van der Waals surface area contributed by atoms with Crippen molar-refractivity contribution in [2.24, 2.45) is 4.99 Å². The highest BCUT2D eigenvalue weighted by atomic mass is 35.5. The van der Waals surface area contributed by atoms with Crippen molar-refractivity contribution in [2.45, 2.75) is 19.4 Å². The number of ether oxygens (including phenoxy) is 1. The minimum atomic E-state index is -0.366. The fraction of sp³-hybridized carbons (Fsp3) is 0.200. The van der Waals surface area contributed by atoms with Crippen molar-refractivity contribution in [1.29, 1.82) is 0 Å². The first kappa shape index (κ1) is 15.2. The predicted molar refractivity (Wildman–Crippen MR) is 98.4 cm³/mol. The van der Waals surface area contributed by atoms with Crippen LogP contribution in [0.2, 0.25) is 5.02 Å². The largest absolute Gasteiger partial charge is 0.485 e. The Labute approximate surface area is 146 Å². The van der Waals surface area contributed by atoms with Crippen molar-refractivity contribution in [3.05, 3.63) is 70.9 Å². The van der Waals surface area contributed by atoms with Gasteiger partial charge in [-0.2, -0.15) is 0 Å². The molecular weight excluding hydrogens is 320 g/mol. The first-order chi connectivity index (χ1) is 11.5. The highest BCUT2D eigenvalue weighted by Crippen LogP contribution is 2.32. The molecule has 0 saturated carbocycles. The average Bonchev–Trinajstić information content (AvgIpc) is 2.69. The van der Waals surface area contributed by atoms with Gasteiger partial charge in [-0.3, -0.25) is 9.98 Å². The van der Waals surface area contributed by atoms with Gasteiger partial charge in [0.05, 0.1) is 17.8 Å². The number of nitrogens with zero attached hydrogens (tertiary/aromatic N) is 2. The maximum atomic E-state index is 6.22. The SMILES string of the molecule is CC1(C)CN=C(c2cnc3ccccc3c2)c2cc(Cl)ccc2O1. The van der Waals surface area contributed by atoms with Crippen LogP contribution < -0.4 is 4.74 Å². The third-order valence-corrected chi connectivity index (χ3v) is 4.30. The molecule has 1 aliphatic heterocycles. The molecule has 24 heavy (non-hydrogen) atoms. The minimum Gasteiger partial charge on any atom is -0.485 e. The number of aliphatic imine (C=N–C) groups is 1. The quantitative estimate of drug-likeness (QED) is 0.633. The van der Waals surface area contributed by atoms with E-state index in [4.69, 9.17) is 21.3 Å². The summed E-state index contributed by atoms with van der Waals surface area (Å²) in [5, 5.41) is 1.75. The number of pyridine rings is 1. The molecule has 0 N–H and O–H groups in total. The first-order valence-corrected chi connectivity index (χ1v) is 8.28. The van der Waals surface area contributed by atoms with Gasteiger partial charge >= 0.3 is 0 Å². The fourth-order valence-electron chi connectivity index (χ4n) is 2.91. The number of halogens is 1. The average molecular weight is 337 g/mol. The van der Waals surface area contributed by atoms with Gasteiger partial charge in [-0.25, -0.2) is 0 Å². The molecule has 0 aliphatic carbocycles. The zero-order valence-corrected chi connectivity index (χ0v) is 14.3. The van der Waals surface area contributed by atoms with E-state index < -0.39 is 0 Å². The highest BCUT2D eigenvalue weighted by Gasteiger charge is 2.27. The molecule has 4 heteroatoms. The lowest BCUT2D eigenvalue weighted by Crippen LogP contribution is -2.31. The van der Waals surface area contributed by atoms with Crippen molar-refractivity contribution in [1.82, 2.24) is 4.98 Å². The lowest BCUT2D eigenvalue weighted by molar-refractivity contribution is 0.121. The van der Waals surface area contributed by atoms with Gasteiger partial charge in [-0.1, -0.05) is 29.8 Å². The topological polar surface area (TPSA) is 34.5 Å². The van der Waals surface area contributed by atoms with Crippen molar-refractivity contribution >= 4 is 28.2 Å². The number of fused-ring (bicyclic) bond motifs is 2. The van der Waals surface area contributed by atoms with E-state index >= 15 is 0 Å². The number of hydrogen-bond acceptors (Lipinski definition) is 3. The summed E-state index contributed by atoms with van der Waals surface area (Å²) < 4.78 is 6.14. The second kappa shape index (κ2) is 5.60. The van der Waals surface area contributed by atoms with Gasteiger partial charge < -0.3 is 4.74 Å². The number of hydrogen-bond donors (Lipinski definition) is 0. The van der Waals surface area contributed by atoms with Crippen molar-refractivity contribution < 1.29 is 4.74 Å². The van der Waals surface area contributed by atoms with E-state index in [0.29, 0.717) is 11.6 Å². The summed E-state index contributed by atoms with van der Waals surface area (Å²) in [6.45, 7) is 4.65. The van der Waals surface area contributed by atoms with Crippen molar-refractivity contribution in [3.63, 3.8) is 0 Å². The molecule has 0 radical (unpaired) electrons. The molecule has 3 nitrogen and oxygen atoms in total. The third-order valence-electron chi connectivity index (χ3n) is 4.06. The molecule has 1 aliphatic rings. The smallest absolute Gasteiger partial charge is 0.129 e. The summed E-state index contributed by atoms with van der Waals surface area (Å²) in [6, 6.07) is 15.8. The summed E-state index contributed by atoms with van der Waals surface area (Å²) in [7, 11) is 0. The van der Waals surface area contributed by atoms with Gasteiger partial charge in [0.25, 0.3) is 0 Å². The normalized spacial score (nSPS) is 16.0.